The largest absolute Gasteiger partial charge is 0.497 e. The molecule has 2 aliphatic rings. The number of aliphatic hydroxyl groups excluding tert-OH is 1. The first-order valence-corrected chi connectivity index (χ1v) is 12.7. The Hall–Kier alpha value is -3.15. The molecule has 12 heteroatoms. The van der Waals surface area contributed by atoms with E-state index in [2.05, 4.69) is 15.3 Å². The summed E-state index contributed by atoms with van der Waals surface area (Å²) in [5.41, 5.74) is 0.723. The van der Waals surface area contributed by atoms with Crippen molar-refractivity contribution in [3.63, 3.8) is 0 Å². The molecule has 1 aromatic heterocycles. The van der Waals surface area contributed by atoms with E-state index in [-0.39, 0.29) is 42.4 Å². The number of piperidine rings is 1. The van der Waals surface area contributed by atoms with E-state index in [0.717, 1.165) is 0 Å². The van der Waals surface area contributed by atoms with Gasteiger partial charge in [0.25, 0.3) is 5.91 Å². The predicted molar refractivity (Wildman–Crippen MR) is 137 cm³/mol. The second-order valence-electron chi connectivity index (χ2n) is 9.57. The van der Waals surface area contributed by atoms with Crippen LogP contribution in [0.3, 0.4) is 0 Å². The quantitative estimate of drug-likeness (QED) is 0.501. The number of carbonyl (C=O) groups is 1. The second-order valence-corrected chi connectivity index (χ2v) is 10.0. The van der Waals surface area contributed by atoms with Crippen LogP contribution in [0.25, 0.3) is 10.9 Å². The monoisotopic (exact) mass is 549 g/mol. The van der Waals surface area contributed by atoms with Gasteiger partial charge in [0.1, 0.15) is 11.6 Å². The number of aromatic nitrogens is 2. The van der Waals surface area contributed by atoms with Crippen molar-refractivity contribution in [2.75, 3.05) is 38.2 Å². The summed E-state index contributed by atoms with van der Waals surface area (Å²) in [5, 5.41) is 15.2. The lowest BCUT2D eigenvalue weighted by molar-refractivity contribution is -0.144. The zero-order valence-corrected chi connectivity index (χ0v) is 21.3. The number of β-amino-alcohol motifs (C(OH)–C–C–N with tert-alkyl or cyclic N) is 1. The number of nitrogens with zero attached hydrogens (tertiary/aromatic N) is 4. The number of likely N-dealkylation sites (tertiary alicyclic amines) is 1. The van der Waals surface area contributed by atoms with E-state index in [1.807, 2.05) is 0 Å². The lowest BCUT2D eigenvalue weighted by Crippen LogP contribution is -2.50. The lowest BCUT2D eigenvalue weighted by Gasteiger charge is -2.34. The molecule has 1 amide bonds. The molecule has 2 aromatic carbocycles. The number of hydrogen-bond donors (Lipinski definition) is 2. The number of rotatable bonds is 5. The van der Waals surface area contributed by atoms with Crippen LogP contribution in [0.1, 0.15) is 29.0 Å². The Balaban J connectivity index is 1.27. The highest BCUT2D eigenvalue weighted by atomic mass is 35.5. The van der Waals surface area contributed by atoms with Crippen molar-refractivity contribution in [1.29, 1.82) is 0 Å². The molecular formula is C26H27ClF3N5O3. The highest BCUT2D eigenvalue weighted by molar-refractivity contribution is 6.30. The molecule has 0 bridgehead atoms. The van der Waals surface area contributed by atoms with Crippen molar-refractivity contribution in [1.82, 2.24) is 20.2 Å². The number of nitrogens with one attached hydrogen (secondary N) is 1. The van der Waals surface area contributed by atoms with Crippen LogP contribution in [-0.2, 0) is 6.18 Å². The number of amides is 1. The van der Waals surface area contributed by atoms with Crippen molar-refractivity contribution < 1.29 is 27.8 Å². The summed E-state index contributed by atoms with van der Waals surface area (Å²) in [5.74, 6) is -0.711. The number of alkyl halides is 3. The third kappa shape index (κ3) is 5.50. The van der Waals surface area contributed by atoms with Gasteiger partial charge in [-0.25, -0.2) is 9.97 Å². The smallest absolute Gasteiger partial charge is 0.451 e. The van der Waals surface area contributed by atoms with Crippen molar-refractivity contribution in [2.24, 2.45) is 0 Å². The molecule has 2 N–H and O–H groups in total. The number of benzene rings is 2. The van der Waals surface area contributed by atoms with Gasteiger partial charge in [-0.2, -0.15) is 13.2 Å². The molecule has 0 radical (unpaired) electrons. The molecule has 2 aliphatic heterocycles. The number of halogens is 4. The molecule has 5 rings (SSSR count). The van der Waals surface area contributed by atoms with Crippen molar-refractivity contribution in [3.05, 3.63) is 58.9 Å². The van der Waals surface area contributed by atoms with Crippen molar-refractivity contribution >= 4 is 34.2 Å². The molecule has 2 atom stereocenters. The van der Waals surface area contributed by atoms with Gasteiger partial charge in [0, 0.05) is 48.2 Å². The average Bonchev–Trinajstić information content (AvgIpc) is 3.27. The maximum Gasteiger partial charge on any atom is 0.451 e. The van der Waals surface area contributed by atoms with Crippen molar-refractivity contribution in [3.8, 4) is 5.75 Å². The number of hydrogen-bond acceptors (Lipinski definition) is 7. The Morgan fingerprint density at radius 3 is 2.47 bits per heavy atom. The molecule has 8 nitrogen and oxygen atoms in total. The van der Waals surface area contributed by atoms with Crippen LogP contribution in [0.15, 0.2) is 42.5 Å². The minimum atomic E-state index is -4.71. The fraction of sp³-hybridized carbons (Fsp3) is 0.423. The number of carbonyl (C=O) groups excluding carboxylic acids is 1. The lowest BCUT2D eigenvalue weighted by atomic mass is 10.0. The zero-order chi connectivity index (χ0) is 27.0. The van der Waals surface area contributed by atoms with E-state index in [1.165, 1.54) is 13.2 Å². The summed E-state index contributed by atoms with van der Waals surface area (Å²) >= 11 is 5.91. The van der Waals surface area contributed by atoms with Crippen LogP contribution in [0.5, 0.6) is 5.75 Å². The fourth-order valence-electron chi connectivity index (χ4n) is 5.04. The van der Waals surface area contributed by atoms with Gasteiger partial charge in [-0.15, -0.1) is 0 Å². The van der Waals surface area contributed by atoms with Gasteiger partial charge in [-0.3, -0.25) is 4.79 Å². The van der Waals surface area contributed by atoms with Gasteiger partial charge in [-0.05, 0) is 55.3 Å². The third-order valence-corrected chi connectivity index (χ3v) is 7.30. The molecule has 202 valence electrons. The highest BCUT2D eigenvalue weighted by Gasteiger charge is 2.39. The molecule has 0 saturated carbocycles. The first-order chi connectivity index (χ1) is 18.1. The molecule has 0 aliphatic carbocycles. The van der Waals surface area contributed by atoms with Crippen molar-refractivity contribution in [2.45, 2.75) is 37.2 Å². The summed E-state index contributed by atoms with van der Waals surface area (Å²) in [6, 6.07) is 11.1. The maximum absolute atomic E-state index is 13.5. The van der Waals surface area contributed by atoms with E-state index in [0.29, 0.717) is 47.7 Å². The summed E-state index contributed by atoms with van der Waals surface area (Å²) in [7, 11) is 1.47. The maximum atomic E-state index is 13.5. The SMILES string of the molecule is COc1ccc2nc(C(F)(F)F)nc(N3C[C@@H](O)[C@H](NC4CCN(C(=O)c5ccc(Cl)cc5)CC4)C3)c2c1. The molecule has 2 saturated heterocycles. The molecule has 3 aromatic rings. The van der Waals surface area contributed by atoms with Gasteiger partial charge in [0.2, 0.25) is 5.82 Å². The van der Waals surface area contributed by atoms with E-state index >= 15 is 0 Å². The molecule has 0 spiro atoms. The molecule has 3 heterocycles. The Morgan fingerprint density at radius 1 is 1.11 bits per heavy atom. The number of fused-ring (bicyclic) bond motifs is 1. The normalized spacial score (nSPS) is 20.8. The predicted octanol–water partition coefficient (Wildman–Crippen LogP) is 3.75. The zero-order valence-electron chi connectivity index (χ0n) is 20.6. The molecule has 0 unspecified atom stereocenters. The van der Waals surface area contributed by atoms with Crippen LogP contribution < -0.4 is 15.0 Å². The first kappa shape index (κ1) is 26.5. The number of anilines is 1. The minimum absolute atomic E-state index is 0.0526. The Bertz CT molecular complexity index is 1320. The van der Waals surface area contributed by atoms with E-state index in [4.69, 9.17) is 16.3 Å². The van der Waals surface area contributed by atoms with Crippen LogP contribution in [0.4, 0.5) is 19.0 Å². The van der Waals surface area contributed by atoms with Gasteiger partial charge >= 0.3 is 6.18 Å². The third-order valence-electron chi connectivity index (χ3n) is 7.05. The second kappa shape index (κ2) is 10.5. The van der Waals surface area contributed by atoms with Crippen LogP contribution in [0.2, 0.25) is 5.02 Å². The Kier molecular flexibility index (Phi) is 7.34. The Morgan fingerprint density at radius 2 is 1.82 bits per heavy atom. The fourth-order valence-corrected chi connectivity index (χ4v) is 5.16. The van der Waals surface area contributed by atoms with E-state index < -0.39 is 18.1 Å². The highest BCUT2D eigenvalue weighted by Crippen LogP contribution is 2.34. The topological polar surface area (TPSA) is 90.8 Å². The van der Waals surface area contributed by atoms with Crippen LogP contribution in [-0.4, -0.2) is 77.4 Å². The summed E-state index contributed by atoms with van der Waals surface area (Å²) in [4.78, 5) is 23.8. The molecular weight excluding hydrogens is 523 g/mol. The van der Waals surface area contributed by atoms with E-state index in [9.17, 15) is 23.1 Å². The van der Waals surface area contributed by atoms with Gasteiger partial charge in [0.15, 0.2) is 0 Å². The van der Waals surface area contributed by atoms with Crippen LogP contribution >= 0.6 is 11.6 Å². The van der Waals surface area contributed by atoms with Gasteiger partial charge < -0.3 is 25.0 Å². The average molecular weight is 550 g/mol. The number of aliphatic hydroxyl groups is 1. The first-order valence-electron chi connectivity index (χ1n) is 12.3. The van der Waals surface area contributed by atoms with Gasteiger partial charge in [-0.1, -0.05) is 11.6 Å². The van der Waals surface area contributed by atoms with E-state index in [1.54, 1.807) is 46.2 Å². The number of methoxy groups -OCH3 is 1. The minimum Gasteiger partial charge on any atom is -0.497 e. The summed E-state index contributed by atoms with van der Waals surface area (Å²) in [6.45, 7) is 1.49. The number of ether oxygens (including phenoxy) is 1. The molecule has 38 heavy (non-hydrogen) atoms. The van der Waals surface area contributed by atoms with Crippen LogP contribution in [0, 0.1) is 0 Å². The summed E-state index contributed by atoms with van der Waals surface area (Å²) in [6.07, 6.45) is -4.15. The van der Waals surface area contributed by atoms with Gasteiger partial charge in [0.05, 0.1) is 24.8 Å². The summed E-state index contributed by atoms with van der Waals surface area (Å²) < 4.78 is 45.9. The standard InChI is InChI=1S/C26H27ClF3N5O3/c1-38-18-6-7-20-19(12-18)23(33-25(32-20)26(28,29)30)35-13-21(22(36)14-35)31-17-8-10-34(11-9-17)24(37)15-2-4-16(27)5-3-15/h2-7,12,17,21-22,31,36H,8-11,13-14H2,1H3/t21-,22-/m1/s1. The Labute approximate surface area is 222 Å². The molecule has 2 fully saturated rings.